The van der Waals surface area contributed by atoms with Crippen LogP contribution in [0.3, 0.4) is 0 Å². The van der Waals surface area contributed by atoms with Crippen LogP contribution >= 0.6 is 11.8 Å². The van der Waals surface area contributed by atoms with Gasteiger partial charge in [0.15, 0.2) is 5.17 Å². The number of amidine groups is 1. The maximum atomic E-state index is 5.51. The number of benzene rings is 1. The van der Waals surface area contributed by atoms with Crippen LogP contribution in [-0.2, 0) is 0 Å². The molecule has 1 rings (SSSR count). The molecular formula is C11H15N3O2S. The van der Waals surface area contributed by atoms with Crippen LogP contribution in [0.2, 0.25) is 0 Å². The van der Waals surface area contributed by atoms with Crippen LogP contribution in [0.15, 0.2) is 28.4 Å². The molecule has 1 aromatic rings. The second-order valence-corrected chi connectivity index (χ2v) is 3.82. The highest BCUT2D eigenvalue weighted by Gasteiger charge is 2.02. The number of ether oxygens (including phenoxy) is 2. The Morgan fingerprint density at radius 1 is 1.35 bits per heavy atom. The van der Waals surface area contributed by atoms with Crippen molar-refractivity contribution in [3.63, 3.8) is 0 Å². The van der Waals surface area contributed by atoms with E-state index in [-0.39, 0.29) is 0 Å². The highest BCUT2D eigenvalue weighted by atomic mass is 32.2. The van der Waals surface area contributed by atoms with Crippen LogP contribution in [-0.4, -0.2) is 31.9 Å². The summed E-state index contributed by atoms with van der Waals surface area (Å²) < 4.78 is 10.3. The summed E-state index contributed by atoms with van der Waals surface area (Å²) in [5, 5.41) is 8.08. The summed E-state index contributed by atoms with van der Waals surface area (Å²) in [5.41, 5.74) is 6.29. The topological polar surface area (TPSA) is 69.2 Å². The van der Waals surface area contributed by atoms with E-state index in [9.17, 15) is 0 Å². The summed E-state index contributed by atoms with van der Waals surface area (Å²) in [7, 11) is 3.20. The van der Waals surface area contributed by atoms with Crippen LogP contribution in [0.5, 0.6) is 11.5 Å². The van der Waals surface area contributed by atoms with Gasteiger partial charge in [0.05, 0.1) is 20.4 Å². The Bertz CT molecular complexity index is 433. The van der Waals surface area contributed by atoms with Gasteiger partial charge in [-0.25, -0.2) is 0 Å². The summed E-state index contributed by atoms with van der Waals surface area (Å²) in [6.45, 7) is 0. The third-order valence-electron chi connectivity index (χ3n) is 2.00. The molecule has 1 aromatic carbocycles. The maximum Gasteiger partial charge on any atom is 0.180 e. The first-order valence-corrected chi connectivity index (χ1v) is 6.06. The van der Waals surface area contributed by atoms with Crippen molar-refractivity contribution in [1.29, 1.82) is 0 Å². The average molecular weight is 253 g/mol. The molecule has 0 aliphatic heterocycles. The van der Waals surface area contributed by atoms with E-state index in [1.54, 1.807) is 20.4 Å². The van der Waals surface area contributed by atoms with Crippen LogP contribution in [0, 0.1) is 0 Å². The van der Waals surface area contributed by atoms with Gasteiger partial charge >= 0.3 is 0 Å². The standard InChI is InChI=1S/C11H15N3O2S/c1-15-9-4-5-10(16-2)8(6-9)7-13-14-11(12)17-3/h4-7H,1-3H3,(H2,12,14)/b13-7-. The van der Waals surface area contributed by atoms with Crippen molar-refractivity contribution < 1.29 is 9.47 Å². The molecule has 0 spiro atoms. The van der Waals surface area contributed by atoms with E-state index in [0.717, 1.165) is 11.3 Å². The van der Waals surface area contributed by atoms with Gasteiger partial charge in [0.1, 0.15) is 11.5 Å². The quantitative estimate of drug-likeness (QED) is 0.504. The molecule has 0 aromatic heterocycles. The lowest BCUT2D eigenvalue weighted by Crippen LogP contribution is -2.04. The largest absolute Gasteiger partial charge is 0.497 e. The third kappa shape index (κ3) is 3.99. The molecule has 0 amide bonds. The van der Waals surface area contributed by atoms with E-state index in [4.69, 9.17) is 15.2 Å². The molecule has 0 bridgehead atoms. The zero-order valence-corrected chi connectivity index (χ0v) is 10.8. The summed E-state index contributed by atoms with van der Waals surface area (Å²) in [4.78, 5) is 0. The number of hydrogen-bond donors (Lipinski definition) is 1. The first-order valence-electron chi connectivity index (χ1n) is 4.83. The first kappa shape index (κ1) is 13.4. The van der Waals surface area contributed by atoms with Crippen LogP contribution in [0.25, 0.3) is 0 Å². The van der Waals surface area contributed by atoms with E-state index in [0.29, 0.717) is 10.9 Å². The fourth-order valence-electron chi connectivity index (χ4n) is 1.13. The minimum Gasteiger partial charge on any atom is -0.497 e. The highest BCUT2D eigenvalue weighted by Crippen LogP contribution is 2.22. The molecule has 17 heavy (non-hydrogen) atoms. The molecule has 0 radical (unpaired) electrons. The third-order valence-corrected chi connectivity index (χ3v) is 2.50. The molecular weight excluding hydrogens is 238 g/mol. The van der Waals surface area contributed by atoms with Crippen LogP contribution < -0.4 is 15.2 Å². The van der Waals surface area contributed by atoms with Gasteiger partial charge in [-0.1, -0.05) is 11.8 Å². The zero-order valence-electron chi connectivity index (χ0n) is 10.0. The monoisotopic (exact) mass is 253 g/mol. The summed E-state index contributed by atoms with van der Waals surface area (Å²) in [6.07, 6.45) is 3.41. The lowest BCUT2D eigenvalue weighted by Gasteiger charge is -2.06. The van der Waals surface area contributed by atoms with Crippen molar-refractivity contribution in [2.24, 2.45) is 15.9 Å². The average Bonchev–Trinajstić information content (AvgIpc) is 2.38. The van der Waals surface area contributed by atoms with E-state index in [2.05, 4.69) is 10.2 Å². The number of nitrogens with zero attached hydrogens (tertiary/aromatic N) is 2. The Labute approximate surface area is 105 Å². The predicted octanol–water partition coefficient (Wildman–Crippen LogP) is 1.72. The highest BCUT2D eigenvalue weighted by molar-refractivity contribution is 8.13. The predicted molar refractivity (Wildman–Crippen MR) is 72.3 cm³/mol. The minimum atomic E-state index is 0.406. The second kappa shape index (κ2) is 6.80. The molecule has 0 unspecified atom stereocenters. The molecule has 0 saturated heterocycles. The summed E-state index contributed by atoms with van der Waals surface area (Å²) >= 11 is 1.34. The SMILES string of the molecule is COc1ccc(OC)c(/C=N\N=C(/N)SC)c1. The van der Waals surface area contributed by atoms with Crippen molar-refractivity contribution in [1.82, 2.24) is 0 Å². The number of rotatable bonds is 4. The number of hydrogen-bond acceptors (Lipinski definition) is 5. The van der Waals surface area contributed by atoms with Crippen molar-refractivity contribution in [2.75, 3.05) is 20.5 Å². The maximum absolute atomic E-state index is 5.51. The molecule has 2 N–H and O–H groups in total. The molecule has 0 aliphatic rings. The zero-order chi connectivity index (χ0) is 12.7. The van der Waals surface area contributed by atoms with Crippen molar-refractivity contribution in [2.45, 2.75) is 0 Å². The molecule has 6 heteroatoms. The summed E-state index contributed by atoms with van der Waals surface area (Å²) in [6, 6.07) is 5.44. The van der Waals surface area contributed by atoms with Gasteiger partial charge in [0, 0.05) is 5.56 Å². The lowest BCUT2D eigenvalue weighted by molar-refractivity contribution is 0.402. The van der Waals surface area contributed by atoms with E-state index in [1.807, 2.05) is 24.5 Å². The Morgan fingerprint density at radius 3 is 2.71 bits per heavy atom. The Hall–Kier alpha value is -1.69. The fourth-order valence-corrected chi connectivity index (χ4v) is 1.26. The second-order valence-electron chi connectivity index (χ2n) is 2.99. The van der Waals surface area contributed by atoms with Gasteiger partial charge in [-0.3, -0.25) is 0 Å². The Kier molecular flexibility index (Phi) is 5.35. The van der Waals surface area contributed by atoms with Crippen LogP contribution in [0.1, 0.15) is 5.56 Å². The molecule has 92 valence electrons. The van der Waals surface area contributed by atoms with Gasteiger partial charge in [0.25, 0.3) is 0 Å². The molecule has 0 fully saturated rings. The lowest BCUT2D eigenvalue weighted by atomic mass is 10.2. The van der Waals surface area contributed by atoms with Gasteiger partial charge in [-0.15, -0.1) is 5.10 Å². The van der Waals surface area contributed by atoms with Gasteiger partial charge in [0.2, 0.25) is 0 Å². The molecule has 0 atom stereocenters. The number of thioether (sulfide) groups is 1. The Morgan fingerprint density at radius 2 is 2.12 bits per heavy atom. The molecule has 0 aliphatic carbocycles. The van der Waals surface area contributed by atoms with Crippen molar-refractivity contribution in [3.05, 3.63) is 23.8 Å². The first-order chi connectivity index (χ1) is 8.21. The van der Waals surface area contributed by atoms with E-state index in [1.165, 1.54) is 11.8 Å². The molecule has 0 saturated carbocycles. The van der Waals surface area contributed by atoms with E-state index < -0.39 is 0 Å². The fraction of sp³-hybridized carbons (Fsp3) is 0.273. The normalized spacial score (nSPS) is 11.8. The minimum absolute atomic E-state index is 0.406. The van der Waals surface area contributed by atoms with Gasteiger partial charge in [-0.2, -0.15) is 5.10 Å². The van der Waals surface area contributed by atoms with Crippen molar-refractivity contribution >= 4 is 23.1 Å². The smallest absolute Gasteiger partial charge is 0.180 e. The molecule has 0 heterocycles. The summed E-state index contributed by atoms with van der Waals surface area (Å²) in [5.74, 6) is 1.43. The Balaban J connectivity index is 2.95. The number of nitrogens with two attached hydrogens (primary N) is 1. The van der Waals surface area contributed by atoms with E-state index >= 15 is 0 Å². The molecule has 5 nitrogen and oxygen atoms in total. The van der Waals surface area contributed by atoms with Crippen LogP contribution in [0.4, 0.5) is 0 Å². The number of methoxy groups -OCH3 is 2. The van der Waals surface area contributed by atoms with Gasteiger partial charge in [-0.05, 0) is 24.5 Å². The van der Waals surface area contributed by atoms with Crippen molar-refractivity contribution in [3.8, 4) is 11.5 Å². The van der Waals surface area contributed by atoms with Gasteiger partial charge < -0.3 is 15.2 Å².